The van der Waals surface area contributed by atoms with Gasteiger partial charge in [-0.1, -0.05) is 49.4 Å². The second-order valence-corrected chi connectivity index (χ2v) is 8.68. The Morgan fingerprint density at radius 1 is 1.36 bits per heavy atom. The maximum absolute atomic E-state index is 13.3. The smallest absolute Gasteiger partial charge is 0.259 e. The molecule has 176 valence electrons. The summed E-state index contributed by atoms with van der Waals surface area (Å²) >= 11 is 0. The predicted molar refractivity (Wildman–Crippen MR) is 128 cm³/mol. The normalized spacial score (nSPS) is 19.4. The molecule has 0 spiro atoms. The average molecular weight is 452 g/mol. The summed E-state index contributed by atoms with van der Waals surface area (Å²) in [5.41, 5.74) is 2.12. The number of likely N-dealkylation sites (N-methyl/N-ethyl adjacent to an activating group) is 1. The number of pyridine rings is 1. The van der Waals surface area contributed by atoms with Gasteiger partial charge in [0.1, 0.15) is 11.7 Å². The zero-order valence-electron chi connectivity index (χ0n) is 19.8. The highest BCUT2D eigenvalue weighted by Crippen LogP contribution is 2.27. The molecule has 0 bridgehead atoms. The number of hydrogen-bond acceptors (Lipinski definition) is 5. The summed E-state index contributed by atoms with van der Waals surface area (Å²) in [6, 6.07) is 11.0. The fraction of sp³-hybridized carbons (Fsp3) is 0.423. The van der Waals surface area contributed by atoms with Crippen molar-refractivity contribution in [1.82, 2.24) is 14.8 Å². The van der Waals surface area contributed by atoms with Crippen LogP contribution in [0.5, 0.6) is 5.88 Å². The molecule has 1 aliphatic heterocycles. The van der Waals surface area contributed by atoms with Gasteiger partial charge >= 0.3 is 0 Å². The van der Waals surface area contributed by atoms with Crippen LogP contribution in [0.25, 0.3) is 6.08 Å². The molecule has 0 saturated carbocycles. The SMILES string of the molecule is C/C=C/c1cnc2c(c1)C(=O)N([C@@H](C)CO)C[C@@H](C)[C@H](CN(C)C(=O)Cc1ccccc1)O2. The molecule has 1 N–H and O–H groups in total. The van der Waals surface area contributed by atoms with E-state index in [0.717, 1.165) is 11.1 Å². The summed E-state index contributed by atoms with van der Waals surface area (Å²) in [7, 11) is 1.77. The molecule has 7 nitrogen and oxygen atoms in total. The number of aliphatic hydroxyl groups is 1. The number of fused-ring (bicyclic) bond motifs is 1. The molecule has 0 aliphatic carbocycles. The molecule has 0 unspecified atom stereocenters. The van der Waals surface area contributed by atoms with Crippen molar-refractivity contribution in [3.63, 3.8) is 0 Å². The number of benzene rings is 1. The zero-order chi connectivity index (χ0) is 24.0. The highest BCUT2D eigenvalue weighted by atomic mass is 16.5. The lowest BCUT2D eigenvalue weighted by Crippen LogP contribution is -2.50. The van der Waals surface area contributed by atoms with E-state index in [-0.39, 0.29) is 42.4 Å². The molecule has 1 aromatic heterocycles. The van der Waals surface area contributed by atoms with Crippen molar-refractivity contribution < 1.29 is 19.4 Å². The molecule has 2 amide bonds. The van der Waals surface area contributed by atoms with E-state index in [9.17, 15) is 14.7 Å². The van der Waals surface area contributed by atoms with Crippen LogP contribution in [0.15, 0.2) is 48.7 Å². The molecular weight excluding hydrogens is 418 g/mol. The van der Waals surface area contributed by atoms with Gasteiger partial charge in [-0.25, -0.2) is 4.98 Å². The lowest BCUT2D eigenvalue weighted by Gasteiger charge is -2.37. The molecule has 2 aromatic rings. The number of ether oxygens (including phenoxy) is 1. The molecule has 33 heavy (non-hydrogen) atoms. The van der Waals surface area contributed by atoms with Gasteiger partial charge in [0.2, 0.25) is 11.8 Å². The Morgan fingerprint density at radius 3 is 2.76 bits per heavy atom. The number of carbonyl (C=O) groups excluding carboxylic acids is 2. The molecule has 0 saturated heterocycles. The molecule has 3 atom stereocenters. The summed E-state index contributed by atoms with van der Waals surface area (Å²) in [6.07, 6.45) is 5.36. The Kier molecular flexibility index (Phi) is 8.22. The van der Waals surface area contributed by atoms with Crippen molar-refractivity contribution in [3.05, 3.63) is 65.4 Å². The highest BCUT2D eigenvalue weighted by molar-refractivity contribution is 5.97. The lowest BCUT2D eigenvalue weighted by molar-refractivity contribution is -0.130. The van der Waals surface area contributed by atoms with Crippen LogP contribution in [0, 0.1) is 5.92 Å². The van der Waals surface area contributed by atoms with Crippen LogP contribution < -0.4 is 4.74 Å². The van der Waals surface area contributed by atoms with Gasteiger partial charge in [0, 0.05) is 25.7 Å². The van der Waals surface area contributed by atoms with E-state index < -0.39 is 0 Å². The average Bonchev–Trinajstić information content (AvgIpc) is 2.82. The van der Waals surface area contributed by atoms with Crippen LogP contribution >= 0.6 is 0 Å². The number of allylic oxidation sites excluding steroid dienone is 1. The Balaban J connectivity index is 1.87. The molecular formula is C26H33N3O4. The standard InChI is InChI=1S/C26H33N3O4/c1-5-9-21-12-22-25(27-14-21)33-23(18(2)15-29(26(22)32)19(3)17-30)16-28(4)24(31)13-20-10-7-6-8-11-20/h5-12,14,18-19,23,30H,13,15-17H2,1-4H3/b9-5+/t18-,19+,23+/m1/s1. The first-order valence-corrected chi connectivity index (χ1v) is 11.3. The molecule has 1 aromatic carbocycles. The van der Waals surface area contributed by atoms with E-state index >= 15 is 0 Å². The van der Waals surface area contributed by atoms with E-state index in [4.69, 9.17) is 4.74 Å². The summed E-state index contributed by atoms with van der Waals surface area (Å²) in [5.74, 6) is -0.0551. The maximum atomic E-state index is 13.3. The van der Waals surface area contributed by atoms with Crippen LogP contribution in [0.2, 0.25) is 0 Å². The second kappa shape index (κ2) is 11.1. The van der Waals surface area contributed by atoms with Gasteiger partial charge in [-0.2, -0.15) is 0 Å². The number of nitrogens with zero attached hydrogens (tertiary/aromatic N) is 3. The molecule has 1 aliphatic rings. The third-order valence-electron chi connectivity index (χ3n) is 5.98. The zero-order valence-corrected chi connectivity index (χ0v) is 19.8. The molecule has 3 rings (SSSR count). The van der Waals surface area contributed by atoms with Crippen LogP contribution in [0.1, 0.15) is 42.3 Å². The van der Waals surface area contributed by atoms with Crippen molar-refractivity contribution in [2.45, 2.75) is 39.3 Å². The predicted octanol–water partition coefficient (Wildman–Crippen LogP) is 3.04. The van der Waals surface area contributed by atoms with Crippen LogP contribution in [-0.2, 0) is 11.2 Å². The van der Waals surface area contributed by atoms with Gasteiger partial charge in [0.05, 0.1) is 25.6 Å². The van der Waals surface area contributed by atoms with Gasteiger partial charge in [-0.05, 0) is 31.0 Å². The minimum absolute atomic E-state index is 0.00710. The Bertz CT molecular complexity index is 992. The fourth-order valence-electron chi connectivity index (χ4n) is 3.90. The number of aromatic nitrogens is 1. The first-order chi connectivity index (χ1) is 15.8. The van der Waals surface area contributed by atoms with Gasteiger partial charge in [0.15, 0.2) is 0 Å². The van der Waals surface area contributed by atoms with Crippen molar-refractivity contribution in [2.24, 2.45) is 5.92 Å². The van der Waals surface area contributed by atoms with E-state index in [1.807, 2.05) is 63.3 Å². The molecule has 0 radical (unpaired) electrons. The Hall–Kier alpha value is -3.19. The topological polar surface area (TPSA) is 83.0 Å². The molecule has 7 heteroatoms. The Morgan fingerprint density at radius 2 is 2.09 bits per heavy atom. The quantitative estimate of drug-likeness (QED) is 0.700. The van der Waals surface area contributed by atoms with Gasteiger partial charge < -0.3 is 19.6 Å². The van der Waals surface area contributed by atoms with Gasteiger partial charge in [0.25, 0.3) is 5.91 Å². The van der Waals surface area contributed by atoms with E-state index in [0.29, 0.717) is 25.1 Å². The third kappa shape index (κ3) is 5.99. The number of amides is 2. The van der Waals surface area contributed by atoms with Gasteiger partial charge in [-0.3, -0.25) is 9.59 Å². The van der Waals surface area contributed by atoms with Crippen molar-refractivity contribution in [2.75, 3.05) is 26.7 Å². The van der Waals surface area contributed by atoms with Crippen molar-refractivity contribution in [3.8, 4) is 5.88 Å². The van der Waals surface area contributed by atoms with Gasteiger partial charge in [-0.15, -0.1) is 0 Å². The van der Waals surface area contributed by atoms with Crippen LogP contribution in [0.3, 0.4) is 0 Å². The van der Waals surface area contributed by atoms with E-state index in [2.05, 4.69) is 4.98 Å². The second-order valence-electron chi connectivity index (χ2n) is 8.68. The largest absolute Gasteiger partial charge is 0.472 e. The number of hydrogen-bond donors (Lipinski definition) is 1. The highest BCUT2D eigenvalue weighted by Gasteiger charge is 2.34. The minimum Gasteiger partial charge on any atom is -0.472 e. The maximum Gasteiger partial charge on any atom is 0.259 e. The number of carbonyl (C=O) groups is 2. The summed E-state index contributed by atoms with van der Waals surface area (Å²) in [4.78, 5) is 33.9. The Labute approximate surface area is 195 Å². The monoisotopic (exact) mass is 451 g/mol. The van der Waals surface area contributed by atoms with Crippen LogP contribution in [-0.4, -0.2) is 70.6 Å². The van der Waals surface area contributed by atoms with Crippen molar-refractivity contribution >= 4 is 17.9 Å². The number of aliphatic hydroxyl groups excluding tert-OH is 1. The summed E-state index contributed by atoms with van der Waals surface area (Å²) in [5, 5.41) is 9.76. The first kappa shape index (κ1) is 24.5. The molecule has 0 fully saturated rings. The minimum atomic E-state index is -0.366. The van der Waals surface area contributed by atoms with E-state index in [1.54, 1.807) is 29.1 Å². The van der Waals surface area contributed by atoms with Crippen LogP contribution in [0.4, 0.5) is 0 Å². The van der Waals surface area contributed by atoms with E-state index in [1.165, 1.54) is 0 Å². The first-order valence-electron chi connectivity index (χ1n) is 11.3. The fourth-order valence-corrected chi connectivity index (χ4v) is 3.90. The summed E-state index contributed by atoms with van der Waals surface area (Å²) in [6.45, 7) is 6.33. The van der Waals surface area contributed by atoms with Crippen molar-refractivity contribution in [1.29, 1.82) is 0 Å². The lowest BCUT2D eigenvalue weighted by atomic mass is 9.99. The number of rotatable bonds is 7. The molecule has 2 heterocycles. The third-order valence-corrected chi connectivity index (χ3v) is 5.98. The summed E-state index contributed by atoms with van der Waals surface area (Å²) < 4.78 is 6.25.